The van der Waals surface area contributed by atoms with Crippen molar-refractivity contribution in [3.05, 3.63) is 35.4 Å². The van der Waals surface area contributed by atoms with Crippen molar-refractivity contribution in [1.29, 1.82) is 0 Å². The minimum Gasteiger partial charge on any atom is -0.297 e. The van der Waals surface area contributed by atoms with Crippen molar-refractivity contribution in [2.45, 2.75) is 38.5 Å². The summed E-state index contributed by atoms with van der Waals surface area (Å²) in [5.74, 6) is 0. The van der Waals surface area contributed by atoms with E-state index in [-0.39, 0.29) is 0 Å². The molecule has 1 aromatic rings. The summed E-state index contributed by atoms with van der Waals surface area (Å²) in [5, 5.41) is 13.5. The normalized spacial score (nSPS) is 20.2. The molecule has 22 heavy (non-hydrogen) atoms. The number of nitrogens with zero attached hydrogens (tertiary/aromatic N) is 4. The van der Waals surface area contributed by atoms with Gasteiger partial charge in [-0.2, -0.15) is 10.2 Å². The molecule has 0 unspecified atom stereocenters. The van der Waals surface area contributed by atoms with Gasteiger partial charge in [0.15, 0.2) is 0 Å². The highest BCUT2D eigenvalue weighted by Gasteiger charge is 2.07. The molecular formula is C18H26N4. The largest absolute Gasteiger partial charge is 0.297 e. The molecule has 3 rings (SSSR count). The van der Waals surface area contributed by atoms with Crippen LogP contribution in [0.5, 0.6) is 0 Å². The van der Waals surface area contributed by atoms with Crippen molar-refractivity contribution >= 4 is 12.4 Å². The Morgan fingerprint density at radius 2 is 0.955 bits per heavy atom. The Balaban J connectivity index is 1.53. The van der Waals surface area contributed by atoms with Crippen molar-refractivity contribution < 1.29 is 0 Å². The molecule has 1 aromatic carbocycles. The SMILES string of the molecule is C(=N\N1CCCCC1)/c1ccc(/C=N/N2CCCCC2)cc1. The van der Waals surface area contributed by atoms with Crippen molar-refractivity contribution in [1.82, 2.24) is 10.0 Å². The molecular weight excluding hydrogens is 272 g/mol. The van der Waals surface area contributed by atoms with Crippen LogP contribution in [0, 0.1) is 0 Å². The van der Waals surface area contributed by atoms with E-state index in [9.17, 15) is 0 Å². The summed E-state index contributed by atoms with van der Waals surface area (Å²) in [5.41, 5.74) is 2.31. The summed E-state index contributed by atoms with van der Waals surface area (Å²) in [7, 11) is 0. The highest BCUT2D eigenvalue weighted by molar-refractivity contribution is 5.83. The van der Waals surface area contributed by atoms with Gasteiger partial charge < -0.3 is 0 Å². The van der Waals surface area contributed by atoms with Gasteiger partial charge in [0, 0.05) is 26.2 Å². The fourth-order valence-electron chi connectivity index (χ4n) is 2.95. The first-order valence-corrected chi connectivity index (χ1v) is 8.58. The van der Waals surface area contributed by atoms with Gasteiger partial charge in [-0.1, -0.05) is 24.3 Å². The van der Waals surface area contributed by atoms with Crippen LogP contribution in [0.25, 0.3) is 0 Å². The van der Waals surface area contributed by atoms with E-state index in [1.165, 1.54) is 38.5 Å². The monoisotopic (exact) mass is 298 g/mol. The number of hydrogen-bond donors (Lipinski definition) is 0. The van der Waals surface area contributed by atoms with E-state index < -0.39 is 0 Å². The first-order chi connectivity index (χ1) is 10.9. The van der Waals surface area contributed by atoms with E-state index in [0.29, 0.717) is 0 Å². The maximum atomic E-state index is 4.57. The molecule has 0 radical (unpaired) electrons. The lowest BCUT2D eigenvalue weighted by atomic mass is 10.1. The van der Waals surface area contributed by atoms with E-state index in [1.807, 2.05) is 12.4 Å². The third kappa shape index (κ3) is 4.58. The van der Waals surface area contributed by atoms with Crippen LogP contribution in [-0.4, -0.2) is 48.6 Å². The summed E-state index contributed by atoms with van der Waals surface area (Å²) in [6.45, 7) is 4.38. The van der Waals surface area contributed by atoms with Crippen molar-refractivity contribution in [3.8, 4) is 0 Å². The Bertz CT molecular complexity index is 447. The van der Waals surface area contributed by atoms with Crippen LogP contribution in [0.15, 0.2) is 34.5 Å². The summed E-state index contributed by atoms with van der Waals surface area (Å²) in [4.78, 5) is 0. The van der Waals surface area contributed by atoms with Crippen LogP contribution in [-0.2, 0) is 0 Å². The molecule has 2 aliphatic rings. The molecule has 0 aromatic heterocycles. The van der Waals surface area contributed by atoms with Crippen LogP contribution in [0.3, 0.4) is 0 Å². The van der Waals surface area contributed by atoms with Crippen LogP contribution < -0.4 is 0 Å². The molecule has 0 atom stereocenters. The first kappa shape index (κ1) is 15.1. The summed E-state index contributed by atoms with van der Waals surface area (Å²) in [6.07, 6.45) is 11.7. The van der Waals surface area contributed by atoms with Crippen LogP contribution in [0.4, 0.5) is 0 Å². The second-order valence-corrected chi connectivity index (χ2v) is 6.18. The molecule has 0 bridgehead atoms. The summed E-state index contributed by atoms with van der Waals surface area (Å²) in [6, 6.07) is 8.46. The molecule has 2 fully saturated rings. The molecule has 0 N–H and O–H groups in total. The highest BCUT2D eigenvalue weighted by Crippen LogP contribution is 2.10. The van der Waals surface area contributed by atoms with Gasteiger partial charge in [-0.15, -0.1) is 0 Å². The molecule has 0 amide bonds. The number of hydrogen-bond acceptors (Lipinski definition) is 4. The third-order valence-electron chi connectivity index (χ3n) is 4.34. The van der Waals surface area contributed by atoms with E-state index in [0.717, 1.165) is 37.3 Å². The number of benzene rings is 1. The van der Waals surface area contributed by atoms with Crippen LogP contribution >= 0.6 is 0 Å². The van der Waals surface area contributed by atoms with Gasteiger partial charge in [0.1, 0.15) is 0 Å². The Labute approximate surface area is 133 Å². The van der Waals surface area contributed by atoms with E-state index >= 15 is 0 Å². The molecule has 0 aliphatic carbocycles. The fourth-order valence-corrected chi connectivity index (χ4v) is 2.95. The Morgan fingerprint density at radius 1 is 0.591 bits per heavy atom. The van der Waals surface area contributed by atoms with Crippen LogP contribution in [0.1, 0.15) is 49.7 Å². The Morgan fingerprint density at radius 3 is 1.32 bits per heavy atom. The first-order valence-electron chi connectivity index (χ1n) is 8.58. The van der Waals surface area contributed by atoms with Crippen molar-refractivity contribution in [2.24, 2.45) is 10.2 Å². The van der Waals surface area contributed by atoms with Crippen molar-refractivity contribution in [3.63, 3.8) is 0 Å². The predicted octanol–water partition coefficient (Wildman–Crippen LogP) is 3.33. The lowest BCUT2D eigenvalue weighted by Gasteiger charge is -2.23. The summed E-state index contributed by atoms with van der Waals surface area (Å²) >= 11 is 0. The second-order valence-electron chi connectivity index (χ2n) is 6.18. The van der Waals surface area contributed by atoms with E-state index in [2.05, 4.69) is 44.5 Å². The van der Waals surface area contributed by atoms with Gasteiger partial charge in [0.05, 0.1) is 12.4 Å². The molecule has 0 spiro atoms. The molecule has 2 aliphatic heterocycles. The van der Waals surface area contributed by atoms with E-state index in [4.69, 9.17) is 0 Å². The average Bonchev–Trinajstić information content (AvgIpc) is 2.61. The third-order valence-corrected chi connectivity index (χ3v) is 4.34. The maximum absolute atomic E-state index is 4.57. The van der Waals surface area contributed by atoms with Crippen LogP contribution in [0.2, 0.25) is 0 Å². The number of hydrazone groups is 2. The second kappa shape index (κ2) is 7.97. The zero-order valence-corrected chi connectivity index (χ0v) is 13.3. The van der Waals surface area contributed by atoms with Gasteiger partial charge in [0.25, 0.3) is 0 Å². The van der Waals surface area contributed by atoms with Gasteiger partial charge in [0.2, 0.25) is 0 Å². The molecule has 2 heterocycles. The lowest BCUT2D eigenvalue weighted by molar-refractivity contribution is 0.240. The Hall–Kier alpha value is -1.84. The van der Waals surface area contributed by atoms with Gasteiger partial charge in [-0.05, 0) is 49.7 Å². The topological polar surface area (TPSA) is 31.2 Å². The van der Waals surface area contributed by atoms with Gasteiger partial charge >= 0.3 is 0 Å². The highest BCUT2D eigenvalue weighted by atomic mass is 15.4. The molecule has 4 heteroatoms. The fraction of sp³-hybridized carbons (Fsp3) is 0.556. The predicted molar refractivity (Wildman–Crippen MR) is 92.5 cm³/mol. The molecule has 118 valence electrons. The van der Waals surface area contributed by atoms with Crippen molar-refractivity contribution in [2.75, 3.05) is 26.2 Å². The number of rotatable bonds is 4. The number of piperidine rings is 2. The zero-order valence-electron chi connectivity index (χ0n) is 13.3. The van der Waals surface area contributed by atoms with E-state index in [1.54, 1.807) is 0 Å². The smallest absolute Gasteiger partial charge is 0.0542 e. The standard InChI is InChI=1S/C18H26N4/c1-3-11-21(12-4-1)19-15-17-7-9-18(10-8-17)16-20-22-13-5-2-6-14-22/h7-10,15-16H,1-6,11-14H2/b19-15+,20-16+. The summed E-state index contributed by atoms with van der Waals surface area (Å²) < 4.78 is 0. The average molecular weight is 298 g/mol. The quantitative estimate of drug-likeness (QED) is 0.798. The molecule has 4 nitrogen and oxygen atoms in total. The molecule has 2 saturated heterocycles. The van der Waals surface area contributed by atoms with Gasteiger partial charge in [-0.25, -0.2) is 0 Å². The minimum absolute atomic E-state index is 1.09. The van der Waals surface area contributed by atoms with Gasteiger partial charge in [-0.3, -0.25) is 10.0 Å². The molecule has 0 saturated carbocycles. The maximum Gasteiger partial charge on any atom is 0.0542 e. The zero-order chi connectivity index (χ0) is 15.0. The lowest BCUT2D eigenvalue weighted by Crippen LogP contribution is -2.24. The Kier molecular flexibility index (Phi) is 5.46. The minimum atomic E-state index is 1.09.